The molecule has 0 aliphatic heterocycles. The summed E-state index contributed by atoms with van der Waals surface area (Å²) < 4.78 is 51.7. The Morgan fingerprint density at radius 2 is 0.818 bits per heavy atom. The van der Waals surface area contributed by atoms with Gasteiger partial charge in [-0.1, -0.05) is 0 Å². The summed E-state index contributed by atoms with van der Waals surface area (Å²) >= 11 is 0. The van der Waals surface area contributed by atoms with Crippen molar-refractivity contribution < 1.29 is 25.9 Å². The van der Waals surface area contributed by atoms with Crippen molar-refractivity contribution in [3.8, 4) is 0 Å². The van der Waals surface area contributed by atoms with Gasteiger partial charge in [0.2, 0.25) is 0 Å². The molecule has 72 valence electrons. The van der Waals surface area contributed by atoms with Gasteiger partial charge in [0.15, 0.2) is 0 Å². The Balaban J connectivity index is -0.000000107. The van der Waals surface area contributed by atoms with Crippen molar-refractivity contribution in [2.24, 2.45) is 0 Å². The Labute approximate surface area is 84.6 Å². The number of hydrogen-bond acceptors (Lipinski definition) is 4. The van der Waals surface area contributed by atoms with Crippen molar-refractivity contribution >= 4 is 46.4 Å². The van der Waals surface area contributed by atoms with Crippen LogP contribution in [0.15, 0.2) is 0 Å². The van der Waals surface area contributed by atoms with Crippen molar-refractivity contribution in [2.45, 2.75) is 0 Å². The van der Waals surface area contributed by atoms with E-state index in [2.05, 4.69) is 0 Å². The predicted octanol–water partition coefficient (Wildman–Crippen LogP) is -2.18. The van der Waals surface area contributed by atoms with E-state index in [0.717, 1.165) is 0 Å². The summed E-state index contributed by atoms with van der Waals surface area (Å²) in [6.07, 6.45) is 1.43. The zero-order chi connectivity index (χ0) is 9.00. The first-order valence-electron chi connectivity index (χ1n) is 1.85. The van der Waals surface area contributed by atoms with Gasteiger partial charge in [-0.3, -0.25) is 9.11 Å². The molecule has 0 fully saturated rings. The molecule has 2 N–H and O–H groups in total. The van der Waals surface area contributed by atoms with Crippen molar-refractivity contribution in [3.63, 3.8) is 0 Å². The van der Waals surface area contributed by atoms with Crippen molar-refractivity contribution in [3.05, 3.63) is 0 Å². The van der Waals surface area contributed by atoms with E-state index >= 15 is 0 Å². The van der Waals surface area contributed by atoms with Gasteiger partial charge in [0, 0.05) is 0 Å². The molecule has 0 saturated heterocycles. The van der Waals surface area contributed by atoms with Crippen LogP contribution in [0.5, 0.6) is 0 Å². The predicted molar refractivity (Wildman–Crippen MR) is 44.9 cm³/mol. The molecule has 0 atom stereocenters. The van der Waals surface area contributed by atoms with Crippen LogP contribution in [0.4, 0.5) is 0 Å². The van der Waals surface area contributed by atoms with Crippen LogP contribution in [0.25, 0.3) is 0 Å². The molecule has 0 radical (unpaired) electrons. The molecule has 0 unspecified atom stereocenters. The van der Waals surface area contributed by atoms with Gasteiger partial charge in [0.1, 0.15) is 0 Å². The van der Waals surface area contributed by atoms with E-state index in [9.17, 15) is 16.8 Å². The normalized spacial score (nSPS) is 10.5. The molecule has 0 aliphatic rings. The first kappa shape index (κ1) is 17.7. The molecular formula is C2H11BiO6S2. The molecule has 0 aliphatic carbocycles. The zero-order valence-corrected chi connectivity index (χ0v) is 13.2. The second kappa shape index (κ2) is 6.24. The van der Waals surface area contributed by atoms with E-state index in [1.54, 1.807) is 0 Å². The van der Waals surface area contributed by atoms with Crippen LogP contribution >= 0.6 is 0 Å². The molecule has 0 rings (SSSR count). The van der Waals surface area contributed by atoms with Crippen LogP contribution in [0, 0.1) is 0 Å². The van der Waals surface area contributed by atoms with Gasteiger partial charge in [-0.25, -0.2) is 0 Å². The molecule has 0 amide bonds. The summed E-state index contributed by atoms with van der Waals surface area (Å²) in [4.78, 5) is 0. The molecule has 0 saturated carbocycles. The van der Waals surface area contributed by atoms with Crippen LogP contribution in [-0.4, -0.2) is 64.7 Å². The summed E-state index contributed by atoms with van der Waals surface area (Å²) in [5.41, 5.74) is 0. The van der Waals surface area contributed by atoms with Gasteiger partial charge in [-0.2, -0.15) is 16.8 Å². The third-order valence-corrected chi connectivity index (χ3v) is 0. The molecule has 11 heavy (non-hydrogen) atoms. The molecule has 0 aromatic carbocycles. The van der Waals surface area contributed by atoms with Crippen LogP contribution in [0.2, 0.25) is 0 Å². The Morgan fingerprint density at radius 3 is 0.818 bits per heavy atom. The first-order valence-corrected chi connectivity index (χ1v) is 5.54. The maximum atomic E-state index is 9.19. The SMILES string of the molecule is CS(=O)(=O)O.CS(=O)(=O)O.[BiH3]. The van der Waals surface area contributed by atoms with Gasteiger partial charge < -0.3 is 0 Å². The van der Waals surface area contributed by atoms with Crippen molar-refractivity contribution in [1.29, 1.82) is 0 Å². The summed E-state index contributed by atoms with van der Waals surface area (Å²) in [5.74, 6) is 0. The van der Waals surface area contributed by atoms with E-state index in [-0.39, 0.29) is 26.2 Å². The van der Waals surface area contributed by atoms with E-state index in [0.29, 0.717) is 12.5 Å². The minimum absolute atomic E-state index is 0. The van der Waals surface area contributed by atoms with Crippen LogP contribution in [0.1, 0.15) is 0 Å². The quantitative estimate of drug-likeness (QED) is 0.351. The second-order valence-corrected chi connectivity index (χ2v) is 4.40. The average Bonchev–Trinajstić information content (AvgIpc) is 1.12. The Morgan fingerprint density at radius 1 is 0.818 bits per heavy atom. The summed E-state index contributed by atoms with van der Waals surface area (Å²) in [7, 11) is -7.33. The topological polar surface area (TPSA) is 109 Å². The molecule has 6 nitrogen and oxygen atoms in total. The molecular weight excluding hydrogens is 393 g/mol. The fraction of sp³-hybridized carbons (Fsp3) is 1.00. The fourth-order valence-corrected chi connectivity index (χ4v) is 0. The second-order valence-electron chi connectivity index (χ2n) is 1.47. The third kappa shape index (κ3) is 1640. The summed E-state index contributed by atoms with van der Waals surface area (Å²) in [6, 6.07) is 0. The Bertz CT molecular complexity index is 215. The fourth-order valence-electron chi connectivity index (χ4n) is 0. The number of rotatable bonds is 0. The van der Waals surface area contributed by atoms with Crippen molar-refractivity contribution in [2.75, 3.05) is 12.5 Å². The minimum atomic E-state index is -3.67. The summed E-state index contributed by atoms with van der Waals surface area (Å²) in [6.45, 7) is 0. The van der Waals surface area contributed by atoms with E-state index in [1.807, 2.05) is 0 Å². The van der Waals surface area contributed by atoms with E-state index in [1.165, 1.54) is 0 Å². The van der Waals surface area contributed by atoms with Gasteiger partial charge >= 0.3 is 26.2 Å². The van der Waals surface area contributed by atoms with Crippen molar-refractivity contribution in [1.82, 2.24) is 0 Å². The average molecular weight is 404 g/mol. The standard InChI is InChI=1S/2CH4O3S.Bi.3H/c2*1-5(2,3)4;;;;/h2*1H3,(H,2,3,4);;;;. The van der Waals surface area contributed by atoms with E-state index < -0.39 is 20.2 Å². The Hall–Kier alpha value is 0.703. The van der Waals surface area contributed by atoms with Gasteiger partial charge in [0.25, 0.3) is 20.2 Å². The molecule has 0 spiro atoms. The van der Waals surface area contributed by atoms with E-state index in [4.69, 9.17) is 9.11 Å². The molecule has 0 bridgehead atoms. The Kier molecular flexibility index (Phi) is 10.0. The van der Waals surface area contributed by atoms with Crippen LogP contribution in [0.3, 0.4) is 0 Å². The maximum absolute atomic E-state index is 9.19. The van der Waals surface area contributed by atoms with Gasteiger partial charge in [-0.15, -0.1) is 0 Å². The summed E-state index contributed by atoms with van der Waals surface area (Å²) in [5, 5.41) is 0. The molecule has 0 aromatic heterocycles. The first-order chi connectivity index (χ1) is 4.00. The molecule has 0 aromatic rings. The van der Waals surface area contributed by atoms with Crippen LogP contribution in [-0.2, 0) is 20.2 Å². The number of hydrogen-bond donors (Lipinski definition) is 2. The third-order valence-electron chi connectivity index (χ3n) is 0. The van der Waals surface area contributed by atoms with Crippen LogP contribution < -0.4 is 0 Å². The zero-order valence-electron chi connectivity index (χ0n) is 6.05. The molecule has 9 heteroatoms. The monoisotopic (exact) mass is 404 g/mol. The van der Waals surface area contributed by atoms with Gasteiger partial charge in [0.05, 0.1) is 12.5 Å². The molecule has 0 heterocycles. The van der Waals surface area contributed by atoms with Gasteiger partial charge in [-0.05, 0) is 0 Å².